The molecule has 0 saturated heterocycles. The number of nitrogens with zero attached hydrogens (tertiary/aromatic N) is 3. The van der Waals surface area contributed by atoms with Crippen LogP contribution in [0.1, 0.15) is 10.4 Å². The van der Waals surface area contributed by atoms with E-state index in [0.29, 0.717) is 23.8 Å². The van der Waals surface area contributed by atoms with Crippen LogP contribution in [-0.2, 0) is 0 Å². The van der Waals surface area contributed by atoms with E-state index in [-0.39, 0.29) is 5.91 Å². The van der Waals surface area contributed by atoms with Gasteiger partial charge in [0.1, 0.15) is 5.82 Å². The third-order valence-corrected chi connectivity index (χ3v) is 4.66. The maximum absolute atomic E-state index is 13.5. The van der Waals surface area contributed by atoms with Gasteiger partial charge in [0.15, 0.2) is 5.13 Å². The number of hydrogen-bond acceptors (Lipinski definition) is 4. The van der Waals surface area contributed by atoms with Crippen molar-refractivity contribution in [3.8, 4) is 0 Å². The predicted octanol–water partition coefficient (Wildman–Crippen LogP) is 3.64. The van der Waals surface area contributed by atoms with E-state index < -0.39 is 5.82 Å². The van der Waals surface area contributed by atoms with E-state index in [1.807, 2.05) is 43.3 Å². The van der Waals surface area contributed by atoms with E-state index in [9.17, 15) is 9.18 Å². The average Bonchev–Trinajstić information content (AvgIpc) is 2.98. The fraction of sp³-hybridized carbons (Fsp3) is 0.222. The summed E-state index contributed by atoms with van der Waals surface area (Å²) >= 11 is 1.47. The summed E-state index contributed by atoms with van der Waals surface area (Å²) < 4.78 is 14.5. The van der Waals surface area contributed by atoms with E-state index in [1.165, 1.54) is 23.5 Å². The van der Waals surface area contributed by atoms with Crippen LogP contribution in [0.2, 0.25) is 0 Å². The number of halogens is 1. The highest BCUT2D eigenvalue weighted by molar-refractivity contribution is 7.22. The number of para-hydroxylation sites is 1. The van der Waals surface area contributed by atoms with Crippen molar-refractivity contribution in [2.75, 3.05) is 32.1 Å². The third kappa shape index (κ3) is 3.60. The number of rotatable bonds is 5. The molecule has 2 aromatic carbocycles. The highest BCUT2D eigenvalue weighted by Gasteiger charge is 2.21. The quantitative estimate of drug-likeness (QED) is 0.710. The van der Waals surface area contributed by atoms with Gasteiger partial charge < -0.3 is 4.90 Å². The number of benzene rings is 2. The van der Waals surface area contributed by atoms with Crippen LogP contribution in [0.4, 0.5) is 9.52 Å². The van der Waals surface area contributed by atoms with Crippen molar-refractivity contribution in [2.45, 2.75) is 0 Å². The lowest BCUT2D eigenvalue weighted by Crippen LogP contribution is -2.36. The van der Waals surface area contributed by atoms with Crippen LogP contribution in [0, 0.1) is 5.82 Å². The van der Waals surface area contributed by atoms with E-state index in [0.717, 1.165) is 10.2 Å². The summed E-state index contributed by atoms with van der Waals surface area (Å²) in [6.45, 7) is 1.18. The second-order valence-corrected chi connectivity index (χ2v) is 6.74. The van der Waals surface area contributed by atoms with Crippen LogP contribution in [0.15, 0.2) is 48.5 Å². The SMILES string of the molecule is CN(C)CCN(C(=O)c1cccc(F)c1)c1nc2ccccc2s1. The molecule has 0 aliphatic heterocycles. The Bertz CT molecular complexity index is 829. The molecule has 0 bridgehead atoms. The Kier molecular flexibility index (Phi) is 4.87. The minimum atomic E-state index is -0.419. The Morgan fingerprint density at radius 3 is 2.62 bits per heavy atom. The van der Waals surface area contributed by atoms with Gasteiger partial charge in [-0.15, -0.1) is 0 Å². The van der Waals surface area contributed by atoms with E-state index in [4.69, 9.17) is 0 Å². The topological polar surface area (TPSA) is 36.4 Å². The van der Waals surface area contributed by atoms with E-state index in [2.05, 4.69) is 4.98 Å². The van der Waals surface area contributed by atoms with Gasteiger partial charge in [0, 0.05) is 18.7 Å². The third-order valence-electron chi connectivity index (χ3n) is 3.60. The molecule has 0 spiro atoms. The number of likely N-dealkylation sites (N-methyl/N-ethyl adjacent to an activating group) is 1. The number of carbonyl (C=O) groups is 1. The zero-order chi connectivity index (χ0) is 17.1. The molecule has 0 N–H and O–H groups in total. The fourth-order valence-electron chi connectivity index (χ4n) is 2.34. The molecule has 4 nitrogen and oxygen atoms in total. The van der Waals surface area contributed by atoms with Crippen LogP contribution in [0.25, 0.3) is 10.2 Å². The molecule has 0 radical (unpaired) electrons. The largest absolute Gasteiger partial charge is 0.308 e. The van der Waals surface area contributed by atoms with Crippen molar-refractivity contribution < 1.29 is 9.18 Å². The van der Waals surface area contributed by atoms with E-state index >= 15 is 0 Å². The van der Waals surface area contributed by atoms with Crippen molar-refractivity contribution >= 4 is 32.6 Å². The zero-order valence-corrected chi connectivity index (χ0v) is 14.4. The highest BCUT2D eigenvalue weighted by atomic mass is 32.1. The molecule has 1 aromatic heterocycles. The summed E-state index contributed by atoms with van der Waals surface area (Å²) in [6, 6.07) is 13.5. The van der Waals surface area contributed by atoms with E-state index in [1.54, 1.807) is 17.0 Å². The van der Waals surface area contributed by atoms with Crippen molar-refractivity contribution in [3.05, 3.63) is 59.9 Å². The summed E-state index contributed by atoms with van der Waals surface area (Å²) in [7, 11) is 3.90. The number of fused-ring (bicyclic) bond motifs is 1. The molecule has 1 heterocycles. The van der Waals surface area contributed by atoms with Crippen molar-refractivity contribution in [2.24, 2.45) is 0 Å². The maximum Gasteiger partial charge on any atom is 0.260 e. The molecule has 3 aromatic rings. The lowest BCUT2D eigenvalue weighted by Gasteiger charge is -2.22. The molecule has 0 aliphatic rings. The summed E-state index contributed by atoms with van der Waals surface area (Å²) in [6.07, 6.45) is 0. The Hall–Kier alpha value is -2.31. The first-order chi connectivity index (χ1) is 11.5. The molecule has 0 aliphatic carbocycles. The monoisotopic (exact) mass is 343 g/mol. The zero-order valence-electron chi connectivity index (χ0n) is 13.6. The van der Waals surface area contributed by atoms with Gasteiger partial charge in [0.05, 0.1) is 10.2 Å². The lowest BCUT2D eigenvalue weighted by atomic mass is 10.2. The summed E-state index contributed by atoms with van der Waals surface area (Å²) in [5.74, 6) is -0.659. The van der Waals surface area contributed by atoms with Gasteiger partial charge in [-0.1, -0.05) is 29.5 Å². The molecular weight excluding hydrogens is 325 g/mol. The molecule has 24 heavy (non-hydrogen) atoms. The first kappa shape index (κ1) is 16.5. The van der Waals surface area contributed by atoms with Gasteiger partial charge in [0.2, 0.25) is 0 Å². The fourth-order valence-corrected chi connectivity index (χ4v) is 3.33. The predicted molar refractivity (Wildman–Crippen MR) is 96.3 cm³/mol. The lowest BCUT2D eigenvalue weighted by molar-refractivity contribution is 0.0985. The van der Waals surface area contributed by atoms with Crippen molar-refractivity contribution in [3.63, 3.8) is 0 Å². The Morgan fingerprint density at radius 2 is 1.92 bits per heavy atom. The Labute approximate surface area is 144 Å². The molecule has 0 unspecified atom stereocenters. The second-order valence-electron chi connectivity index (χ2n) is 5.73. The average molecular weight is 343 g/mol. The van der Waals surface area contributed by atoms with Gasteiger partial charge in [-0.25, -0.2) is 9.37 Å². The number of amides is 1. The number of thiazole rings is 1. The molecule has 0 fully saturated rings. The highest BCUT2D eigenvalue weighted by Crippen LogP contribution is 2.29. The summed E-state index contributed by atoms with van der Waals surface area (Å²) in [4.78, 5) is 21.1. The van der Waals surface area contributed by atoms with Gasteiger partial charge in [-0.05, 0) is 44.4 Å². The smallest absolute Gasteiger partial charge is 0.260 e. The molecule has 6 heteroatoms. The molecular formula is C18H18FN3OS. The minimum Gasteiger partial charge on any atom is -0.308 e. The van der Waals surface area contributed by atoms with Crippen LogP contribution in [0.3, 0.4) is 0 Å². The molecule has 3 rings (SSSR count). The Morgan fingerprint density at radius 1 is 1.12 bits per heavy atom. The van der Waals surface area contributed by atoms with Crippen LogP contribution < -0.4 is 4.90 Å². The first-order valence-electron chi connectivity index (χ1n) is 7.62. The molecule has 124 valence electrons. The standard InChI is InChI=1S/C18H18FN3OS/c1-21(2)10-11-22(17(23)13-6-5-7-14(19)12-13)18-20-15-8-3-4-9-16(15)24-18/h3-9,12H,10-11H2,1-2H3. The van der Waals surface area contributed by atoms with Gasteiger partial charge in [-0.2, -0.15) is 0 Å². The summed E-state index contributed by atoms with van der Waals surface area (Å²) in [5, 5.41) is 0.632. The Balaban J connectivity index is 1.97. The number of hydrogen-bond donors (Lipinski definition) is 0. The maximum atomic E-state index is 13.5. The van der Waals surface area contributed by atoms with Crippen molar-refractivity contribution in [1.82, 2.24) is 9.88 Å². The van der Waals surface area contributed by atoms with Crippen LogP contribution >= 0.6 is 11.3 Å². The van der Waals surface area contributed by atoms with Crippen LogP contribution in [-0.4, -0.2) is 43.0 Å². The molecule has 0 saturated carbocycles. The summed E-state index contributed by atoms with van der Waals surface area (Å²) in [5.41, 5.74) is 1.19. The number of carbonyl (C=O) groups excluding carboxylic acids is 1. The molecule has 0 atom stereocenters. The van der Waals surface area contributed by atoms with Gasteiger partial charge in [-0.3, -0.25) is 9.69 Å². The second kappa shape index (κ2) is 7.07. The van der Waals surface area contributed by atoms with Gasteiger partial charge >= 0.3 is 0 Å². The normalized spacial score (nSPS) is 11.2. The van der Waals surface area contributed by atoms with Crippen molar-refractivity contribution in [1.29, 1.82) is 0 Å². The number of anilines is 1. The van der Waals surface area contributed by atoms with Crippen LogP contribution in [0.5, 0.6) is 0 Å². The minimum absolute atomic E-state index is 0.240. The van der Waals surface area contributed by atoms with Gasteiger partial charge in [0.25, 0.3) is 5.91 Å². The number of aromatic nitrogens is 1. The molecule has 1 amide bonds. The first-order valence-corrected chi connectivity index (χ1v) is 8.44.